The van der Waals surface area contributed by atoms with Crippen molar-refractivity contribution in [2.24, 2.45) is 0 Å². The third-order valence-electron chi connectivity index (χ3n) is 4.68. The van der Waals surface area contributed by atoms with Crippen molar-refractivity contribution in [1.29, 1.82) is 0 Å². The van der Waals surface area contributed by atoms with Gasteiger partial charge in [-0.1, -0.05) is 31.2 Å². The zero-order chi connectivity index (χ0) is 14.1. The molecule has 2 unspecified atom stereocenters. The average Bonchev–Trinajstić information content (AvgIpc) is 2.42. The van der Waals surface area contributed by atoms with E-state index in [-0.39, 0.29) is 5.60 Å². The Hall–Kier alpha value is -0.860. The molecule has 1 aliphatic carbocycles. The van der Waals surface area contributed by atoms with Gasteiger partial charge in [-0.15, -0.1) is 0 Å². The molecular weight excluding hydrogens is 236 g/mol. The first-order valence-corrected chi connectivity index (χ1v) is 7.25. The molecule has 0 radical (unpaired) electrons. The molecule has 0 amide bonds. The molecule has 1 aliphatic rings. The van der Waals surface area contributed by atoms with Crippen LogP contribution in [0.15, 0.2) is 24.3 Å². The van der Waals surface area contributed by atoms with E-state index in [9.17, 15) is 5.11 Å². The first kappa shape index (κ1) is 14.5. The van der Waals surface area contributed by atoms with Gasteiger partial charge in [0.1, 0.15) is 0 Å². The normalized spacial score (nSPS) is 27.1. The molecule has 0 heterocycles. The summed E-state index contributed by atoms with van der Waals surface area (Å²) in [7, 11) is 1.74. The van der Waals surface area contributed by atoms with Crippen molar-refractivity contribution in [1.82, 2.24) is 0 Å². The first-order valence-electron chi connectivity index (χ1n) is 7.25. The van der Waals surface area contributed by atoms with Gasteiger partial charge in [0.25, 0.3) is 0 Å². The molecule has 0 fully saturated rings. The van der Waals surface area contributed by atoms with Crippen LogP contribution in [0.1, 0.15) is 63.5 Å². The number of aliphatic hydroxyl groups is 1. The zero-order valence-electron chi connectivity index (χ0n) is 12.6. The Balaban J connectivity index is 2.23. The van der Waals surface area contributed by atoms with Crippen LogP contribution in [0.3, 0.4) is 0 Å². The van der Waals surface area contributed by atoms with Gasteiger partial charge >= 0.3 is 0 Å². The predicted molar refractivity (Wildman–Crippen MR) is 78.3 cm³/mol. The maximum Gasteiger partial charge on any atom is 0.0900 e. The van der Waals surface area contributed by atoms with Crippen molar-refractivity contribution in [3.05, 3.63) is 35.4 Å². The molecule has 2 atom stereocenters. The molecule has 0 bridgehead atoms. The quantitative estimate of drug-likeness (QED) is 0.889. The lowest BCUT2D eigenvalue weighted by Gasteiger charge is -2.39. The van der Waals surface area contributed by atoms with Crippen LogP contribution in [0.5, 0.6) is 0 Å². The summed E-state index contributed by atoms with van der Waals surface area (Å²) in [4.78, 5) is 0. The number of hydrogen-bond donors (Lipinski definition) is 1. The number of rotatable bonds is 4. The van der Waals surface area contributed by atoms with Crippen LogP contribution in [0.2, 0.25) is 0 Å². The summed E-state index contributed by atoms with van der Waals surface area (Å²) in [5.74, 6) is 0.548. The summed E-state index contributed by atoms with van der Waals surface area (Å²) in [6.45, 7) is 6.40. The Morgan fingerprint density at radius 1 is 1.37 bits per heavy atom. The third kappa shape index (κ3) is 3.01. The van der Waals surface area contributed by atoms with E-state index in [2.05, 4.69) is 39.0 Å². The summed E-state index contributed by atoms with van der Waals surface area (Å²) in [6.07, 6.45) is 3.53. The van der Waals surface area contributed by atoms with Crippen LogP contribution in [0.25, 0.3) is 0 Å². The minimum atomic E-state index is -0.682. The first-order chi connectivity index (χ1) is 8.88. The zero-order valence-corrected chi connectivity index (χ0v) is 12.6. The molecule has 19 heavy (non-hydrogen) atoms. The second-order valence-corrected chi connectivity index (χ2v) is 6.52. The smallest absolute Gasteiger partial charge is 0.0900 e. The van der Waals surface area contributed by atoms with Gasteiger partial charge in [-0.25, -0.2) is 0 Å². The molecule has 2 heteroatoms. The minimum absolute atomic E-state index is 0.173. The summed E-state index contributed by atoms with van der Waals surface area (Å²) in [6, 6.07) is 8.35. The van der Waals surface area contributed by atoms with Gasteiger partial charge in [-0.05, 0) is 56.6 Å². The molecule has 1 aromatic carbocycles. The van der Waals surface area contributed by atoms with Gasteiger partial charge in [-0.3, -0.25) is 0 Å². The standard InChI is InChI=1S/C17H26O2/c1-13-9-10-17(18,12-11-16(2,3)19-4)15-8-6-5-7-14(13)15/h5-8,13,18H,9-12H2,1-4H3. The summed E-state index contributed by atoms with van der Waals surface area (Å²) >= 11 is 0. The highest BCUT2D eigenvalue weighted by Crippen LogP contribution is 2.44. The third-order valence-corrected chi connectivity index (χ3v) is 4.68. The van der Waals surface area contributed by atoms with E-state index < -0.39 is 5.60 Å². The Bertz CT molecular complexity index is 439. The number of ether oxygens (including phenoxy) is 1. The molecule has 1 N–H and O–H groups in total. The van der Waals surface area contributed by atoms with Crippen molar-refractivity contribution >= 4 is 0 Å². The number of benzene rings is 1. The Kier molecular flexibility index (Phi) is 4.03. The van der Waals surface area contributed by atoms with Crippen LogP contribution >= 0.6 is 0 Å². The second kappa shape index (κ2) is 5.26. The highest BCUT2D eigenvalue weighted by Gasteiger charge is 2.37. The van der Waals surface area contributed by atoms with Gasteiger partial charge in [0.15, 0.2) is 0 Å². The minimum Gasteiger partial charge on any atom is -0.385 e. The van der Waals surface area contributed by atoms with E-state index in [1.807, 2.05) is 6.07 Å². The SMILES string of the molecule is COC(C)(C)CCC1(O)CCC(C)c2ccccc21. The van der Waals surface area contributed by atoms with Crippen molar-refractivity contribution in [3.63, 3.8) is 0 Å². The van der Waals surface area contributed by atoms with Crippen LogP contribution in [0, 0.1) is 0 Å². The predicted octanol–water partition coefficient (Wildman–Crippen LogP) is 3.98. The molecule has 2 nitrogen and oxygen atoms in total. The molecule has 106 valence electrons. The molecule has 0 aromatic heterocycles. The maximum absolute atomic E-state index is 11.0. The Morgan fingerprint density at radius 2 is 2.05 bits per heavy atom. The number of fused-ring (bicyclic) bond motifs is 1. The van der Waals surface area contributed by atoms with Crippen molar-refractivity contribution in [2.45, 2.75) is 63.6 Å². The number of hydrogen-bond acceptors (Lipinski definition) is 2. The van der Waals surface area contributed by atoms with Crippen LogP contribution < -0.4 is 0 Å². The fourth-order valence-electron chi connectivity index (χ4n) is 2.97. The lowest BCUT2D eigenvalue weighted by Crippen LogP contribution is -2.35. The van der Waals surface area contributed by atoms with E-state index in [4.69, 9.17) is 4.74 Å². The Labute approximate surface area is 116 Å². The van der Waals surface area contributed by atoms with Crippen molar-refractivity contribution in [2.75, 3.05) is 7.11 Å². The van der Waals surface area contributed by atoms with E-state index >= 15 is 0 Å². The lowest BCUT2D eigenvalue weighted by molar-refractivity contribution is -0.0379. The molecule has 0 saturated carbocycles. The topological polar surface area (TPSA) is 29.5 Å². The largest absolute Gasteiger partial charge is 0.385 e. The Morgan fingerprint density at radius 3 is 2.74 bits per heavy atom. The molecule has 2 rings (SSSR count). The summed E-state index contributed by atoms with van der Waals surface area (Å²) < 4.78 is 5.47. The molecule has 0 saturated heterocycles. The second-order valence-electron chi connectivity index (χ2n) is 6.52. The fraction of sp³-hybridized carbons (Fsp3) is 0.647. The summed E-state index contributed by atoms with van der Waals surface area (Å²) in [5, 5.41) is 11.0. The van der Waals surface area contributed by atoms with Gasteiger partial charge in [0, 0.05) is 7.11 Å². The number of methoxy groups -OCH3 is 1. The highest BCUT2D eigenvalue weighted by atomic mass is 16.5. The molecule has 0 aliphatic heterocycles. The van der Waals surface area contributed by atoms with E-state index in [1.165, 1.54) is 5.56 Å². The van der Waals surface area contributed by atoms with E-state index in [1.54, 1.807) is 7.11 Å². The molecule has 1 aromatic rings. The van der Waals surface area contributed by atoms with Crippen molar-refractivity contribution < 1.29 is 9.84 Å². The monoisotopic (exact) mass is 262 g/mol. The average molecular weight is 262 g/mol. The lowest BCUT2D eigenvalue weighted by atomic mass is 9.72. The van der Waals surface area contributed by atoms with E-state index in [0.29, 0.717) is 5.92 Å². The van der Waals surface area contributed by atoms with Crippen LogP contribution in [-0.2, 0) is 10.3 Å². The van der Waals surface area contributed by atoms with Gasteiger partial charge < -0.3 is 9.84 Å². The van der Waals surface area contributed by atoms with Gasteiger partial charge in [0.05, 0.1) is 11.2 Å². The van der Waals surface area contributed by atoms with Crippen molar-refractivity contribution in [3.8, 4) is 0 Å². The maximum atomic E-state index is 11.0. The highest BCUT2D eigenvalue weighted by molar-refractivity contribution is 5.37. The van der Waals surface area contributed by atoms with Crippen LogP contribution in [0.4, 0.5) is 0 Å². The van der Waals surface area contributed by atoms with E-state index in [0.717, 1.165) is 31.2 Å². The van der Waals surface area contributed by atoms with Gasteiger partial charge in [0.2, 0.25) is 0 Å². The summed E-state index contributed by atoms with van der Waals surface area (Å²) in [5.41, 5.74) is 1.58. The van der Waals surface area contributed by atoms with Gasteiger partial charge in [-0.2, -0.15) is 0 Å². The van der Waals surface area contributed by atoms with Crippen LogP contribution in [-0.4, -0.2) is 17.8 Å². The molecular formula is C17H26O2. The fourth-order valence-corrected chi connectivity index (χ4v) is 2.97. The molecule has 0 spiro atoms.